The fourth-order valence-corrected chi connectivity index (χ4v) is 2.24. The third-order valence-corrected chi connectivity index (χ3v) is 2.98. The molecule has 0 unspecified atom stereocenters. The molecule has 2 rings (SSSR count). The van der Waals surface area contributed by atoms with E-state index in [2.05, 4.69) is 0 Å². The highest BCUT2D eigenvalue weighted by Gasteiger charge is 2.50. The normalized spacial score (nSPS) is 28.7. The number of ether oxygens (including phenoxy) is 2. The van der Waals surface area contributed by atoms with Crippen molar-refractivity contribution in [2.75, 3.05) is 19.8 Å². The van der Waals surface area contributed by atoms with Crippen LogP contribution in [0, 0.1) is 0 Å². The summed E-state index contributed by atoms with van der Waals surface area (Å²) in [4.78, 5) is 24.3. The summed E-state index contributed by atoms with van der Waals surface area (Å²) in [6.45, 7) is 4.40. The number of rotatable bonds is 1. The van der Waals surface area contributed by atoms with E-state index in [-0.39, 0.29) is 17.7 Å². The molecule has 1 atom stereocenters. The average molecular weight is 213 g/mol. The van der Waals surface area contributed by atoms with Crippen molar-refractivity contribution in [1.29, 1.82) is 0 Å². The van der Waals surface area contributed by atoms with Crippen LogP contribution in [0.3, 0.4) is 0 Å². The lowest BCUT2D eigenvalue weighted by Crippen LogP contribution is -2.39. The smallest absolute Gasteiger partial charge is 0.220 e. The summed E-state index contributed by atoms with van der Waals surface area (Å²) in [6.07, 6.45) is 0.460. The van der Waals surface area contributed by atoms with Crippen molar-refractivity contribution in [3.8, 4) is 0 Å². The minimum Gasteiger partial charge on any atom is -0.346 e. The Balaban J connectivity index is 2.18. The van der Waals surface area contributed by atoms with Crippen LogP contribution >= 0.6 is 0 Å². The van der Waals surface area contributed by atoms with E-state index in [1.807, 2.05) is 0 Å². The van der Waals surface area contributed by atoms with Crippen molar-refractivity contribution in [2.24, 2.45) is 0 Å². The molecule has 2 fully saturated rings. The van der Waals surface area contributed by atoms with Crippen molar-refractivity contribution in [3.05, 3.63) is 0 Å². The van der Waals surface area contributed by atoms with Gasteiger partial charge in [0.25, 0.3) is 0 Å². The number of ketones is 1. The Morgan fingerprint density at radius 1 is 1.27 bits per heavy atom. The van der Waals surface area contributed by atoms with Gasteiger partial charge in [-0.3, -0.25) is 9.59 Å². The van der Waals surface area contributed by atoms with Crippen LogP contribution in [-0.4, -0.2) is 48.2 Å². The molecule has 0 aromatic heterocycles. The second-order valence-corrected chi connectivity index (χ2v) is 4.09. The monoisotopic (exact) mass is 213 g/mol. The largest absolute Gasteiger partial charge is 0.346 e. The van der Waals surface area contributed by atoms with Crippen molar-refractivity contribution < 1.29 is 19.1 Å². The maximum atomic E-state index is 11.4. The van der Waals surface area contributed by atoms with Gasteiger partial charge in [0.15, 0.2) is 11.6 Å². The molecule has 1 spiro atoms. The number of amides is 1. The number of hydrogen-bond donors (Lipinski definition) is 0. The van der Waals surface area contributed by atoms with Gasteiger partial charge in [0.1, 0.15) is 0 Å². The van der Waals surface area contributed by atoms with Crippen LogP contribution in [0.2, 0.25) is 0 Å². The van der Waals surface area contributed by atoms with Crippen LogP contribution in [0.1, 0.15) is 20.3 Å². The highest BCUT2D eigenvalue weighted by atomic mass is 16.7. The first-order chi connectivity index (χ1) is 7.04. The van der Waals surface area contributed by atoms with Crippen LogP contribution < -0.4 is 0 Å². The maximum Gasteiger partial charge on any atom is 0.220 e. The van der Waals surface area contributed by atoms with Gasteiger partial charge in [0.2, 0.25) is 5.91 Å². The standard InChI is InChI=1S/C10H15NO4/c1-7(12)9-5-10(14-3-4-15-10)6-11(9)8(2)13/h9H,3-6H2,1-2H3/t9-/m0/s1. The number of nitrogens with zero attached hydrogens (tertiary/aromatic N) is 1. The van der Waals surface area contributed by atoms with Gasteiger partial charge in [-0.2, -0.15) is 0 Å². The van der Waals surface area contributed by atoms with E-state index in [0.717, 1.165) is 0 Å². The molecule has 15 heavy (non-hydrogen) atoms. The quantitative estimate of drug-likeness (QED) is 0.612. The zero-order valence-corrected chi connectivity index (χ0v) is 8.99. The Hall–Kier alpha value is -0.940. The van der Waals surface area contributed by atoms with E-state index >= 15 is 0 Å². The lowest BCUT2D eigenvalue weighted by Gasteiger charge is -2.21. The molecule has 2 aliphatic heterocycles. The summed E-state index contributed by atoms with van der Waals surface area (Å²) in [5, 5.41) is 0. The minimum atomic E-state index is -0.720. The summed E-state index contributed by atoms with van der Waals surface area (Å²) >= 11 is 0. The first kappa shape index (κ1) is 10.6. The third-order valence-electron chi connectivity index (χ3n) is 2.98. The molecule has 0 radical (unpaired) electrons. The highest BCUT2D eigenvalue weighted by molar-refractivity contribution is 5.87. The fourth-order valence-electron chi connectivity index (χ4n) is 2.24. The lowest BCUT2D eigenvalue weighted by molar-refractivity contribution is -0.151. The Morgan fingerprint density at radius 2 is 1.87 bits per heavy atom. The summed E-state index contributed by atoms with van der Waals surface area (Å²) < 4.78 is 11.0. The van der Waals surface area contributed by atoms with Crippen molar-refractivity contribution in [1.82, 2.24) is 4.90 Å². The van der Waals surface area contributed by atoms with Crippen LogP contribution in [0.5, 0.6) is 0 Å². The molecular weight excluding hydrogens is 198 g/mol. The summed E-state index contributed by atoms with van der Waals surface area (Å²) in [5.74, 6) is -0.838. The van der Waals surface area contributed by atoms with Crippen molar-refractivity contribution >= 4 is 11.7 Å². The first-order valence-corrected chi connectivity index (χ1v) is 5.10. The Bertz CT molecular complexity index is 272. The molecule has 5 nitrogen and oxygen atoms in total. The maximum absolute atomic E-state index is 11.4. The van der Waals surface area contributed by atoms with Gasteiger partial charge in [0.05, 0.1) is 25.8 Å². The van der Waals surface area contributed by atoms with Gasteiger partial charge >= 0.3 is 0 Å². The van der Waals surface area contributed by atoms with Crippen molar-refractivity contribution in [3.63, 3.8) is 0 Å². The summed E-state index contributed by atoms with van der Waals surface area (Å²) in [7, 11) is 0. The lowest BCUT2D eigenvalue weighted by atomic mass is 10.1. The van der Waals surface area contributed by atoms with E-state index in [4.69, 9.17) is 9.47 Å². The van der Waals surface area contributed by atoms with Gasteiger partial charge in [-0.25, -0.2) is 0 Å². The molecule has 2 heterocycles. The minimum absolute atomic E-state index is 0.0128. The second kappa shape index (κ2) is 3.57. The Kier molecular flexibility index (Phi) is 2.52. The van der Waals surface area contributed by atoms with E-state index in [9.17, 15) is 9.59 Å². The van der Waals surface area contributed by atoms with Crippen LogP contribution in [-0.2, 0) is 19.1 Å². The van der Waals surface area contributed by atoms with Gasteiger partial charge in [-0.05, 0) is 6.92 Å². The molecule has 84 valence electrons. The summed E-state index contributed by atoms with van der Waals surface area (Å²) in [6, 6.07) is -0.388. The van der Waals surface area contributed by atoms with E-state index in [0.29, 0.717) is 26.2 Å². The highest BCUT2D eigenvalue weighted by Crippen LogP contribution is 2.34. The molecule has 2 saturated heterocycles. The molecule has 0 N–H and O–H groups in total. The topological polar surface area (TPSA) is 55.8 Å². The average Bonchev–Trinajstić information content (AvgIpc) is 2.74. The van der Waals surface area contributed by atoms with Crippen LogP contribution in [0.15, 0.2) is 0 Å². The Labute approximate surface area is 88.3 Å². The number of likely N-dealkylation sites (tertiary alicyclic amines) is 1. The van der Waals surface area contributed by atoms with Gasteiger partial charge < -0.3 is 14.4 Å². The molecule has 5 heteroatoms. The third kappa shape index (κ3) is 1.77. The molecule has 0 saturated carbocycles. The molecule has 1 amide bonds. The van der Waals surface area contributed by atoms with Gasteiger partial charge in [0, 0.05) is 13.3 Å². The molecule has 0 bridgehead atoms. The van der Waals surface area contributed by atoms with Gasteiger partial charge in [-0.1, -0.05) is 0 Å². The SMILES string of the molecule is CC(=O)[C@@H]1CC2(CN1C(C)=O)OCCO2. The number of carbonyl (C=O) groups excluding carboxylic acids is 2. The van der Waals surface area contributed by atoms with Crippen molar-refractivity contribution in [2.45, 2.75) is 32.1 Å². The van der Waals surface area contributed by atoms with E-state index < -0.39 is 5.79 Å². The predicted octanol–water partition coefficient (Wildman–Crippen LogP) is -0.0607. The molecule has 2 aliphatic rings. The second-order valence-electron chi connectivity index (χ2n) is 4.09. The first-order valence-electron chi connectivity index (χ1n) is 5.10. The zero-order valence-electron chi connectivity index (χ0n) is 8.99. The molecule has 0 aromatic carbocycles. The molecule has 0 aromatic rings. The predicted molar refractivity (Wildman–Crippen MR) is 51.1 cm³/mol. The Morgan fingerprint density at radius 3 is 2.27 bits per heavy atom. The van der Waals surface area contributed by atoms with E-state index in [1.54, 1.807) is 0 Å². The van der Waals surface area contributed by atoms with Crippen LogP contribution in [0.25, 0.3) is 0 Å². The number of carbonyl (C=O) groups is 2. The zero-order chi connectivity index (χ0) is 11.1. The molecule has 0 aliphatic carbocycles. The number of hydrogen-bond acceptors (Lipinski definition) is 4. The fraction of sp³-hybridized carbons (Fsp3) is 0.800. The van der Waals surface area contributed by atoms with Crippen LogP contribution in [0.4, 0.5) is 0 Å². The molecular formula is C10H15NO4. The summed E-state index contributed by atoms with van der Waals surface area (Å²) in [5.41, 5.74) is 0. The van der Waals surface area contributed by atoms with Gasteiger partial charge in [-0.15, -0.1) is 0 Å². The number of Topliss-reactive ketones (excluding diaryl/α,β-unsaturated/α-hetero) is 1. The van der Waals surface area contributed by atoms with E-state index in [1.165, 1.54) is 18.7 Å².